The summed E-state index contributed by atoms with van der Waals surface area (Å²) in [6.07, 6.45) is 3.31. The molecule has 0 bridgehead atoms. The van der Waals surface area contributed by atoms with Crippen molar-refractivity contribution in [2.24, 2.45) is 0 Å². The molecule has 0 spiro atoms. The normalized spacial score (nSPS) is 13.6. The summed E-state index contributed by atoms with van der Waals surface area (Å²) in [7, 11) is 0. The van der Waals surface area contributed by atoms with E-state index in [1.807, 2.05) is 11.8 Å². The number of Topliss-reactive ketones (excluding diaryl/α,β-unsaturated/α-hetero) is 1. The molecule has 0 aliphatic carbocycles. The highest BCUT2D eigenvalue weighted by Gasteiger charge is 2.21. The van der Waals surface area contributed by atoms with Crippen LogP contribution < -0.4 is 10.1 Å². The average molecular weight is 408 g/mol. The quantitative estimate of drug-likeness (QED) is 0.661. The van der Waals surface area contributed by atoms with E-state index in [2.05, 4.69) is 5.32 Å². The number of likely N-dealkylation sites (tertiary alicyclic amines) is 1. The van der Waals surface area contributed by atoms with Gasteiger partial charge in [0.15, 0.2) is 5.78 Å². The molecule has 30 heavy (non-hydrogen) atoms. The summed E-state index contributed by atoms with van der Waals surface area (Å²) in [4.78, 5) is 39.5. The number of nitrogens with zero attached hydrogens (tertiary/aromatic N) is 1. The Balaban J connectivity index is 1.57. The maximum absolute atomic E-state index is 12.8. The van der Waals surface area contributed by atoms with Gasteiger partial charge in [-0.2, -0.15) is 0 Å². The van der Waals surface area contributed by atoms with Gasteiger partial charge in [-0.1, -0.05) is 12.1 Å². The second kappa shape index (κ2) is 10.6. The number of rotatable bonds is 8. The van der Waals surface area contributed by atoms with Crippen molar-refractivity contribution < 1.29 is 19.1 Å². The number of carbonyl (C=O) groups excluding carboxylic acids is 3. The number of para-hydroxylation sites is 1. The minimum Gasteiger partial charge on any atom is -0.494 e. The third kappa shape index (κ3) is 5.69. The molecule has 0 aromatic heterocycles. The van der Waals surface area contributed by atoms with E-state index >= 15 is 0 Å². The predicted octanol–water partition coefficient (Wildman–Crippen LogP) is 4.31. The van der Waals surface area contributed by atoms with Crippen molar-refractivity contribution >= 4 is 23.3 Å². The lowest BCUT2D eigenvalue weighted by Crippen LogP contribution is -2.36. The van der Waals surface area contributed by atoms with Gasteiger partial charge in [0.1, 0.15) is 5.75 Å². The van der Waals surface area contributed by atoms with Crippen molar-refractivity contribution in [2.45, 2.75) is 39.0 Å². The zero-order valence-electron chi connectivity index (χ0n) is 17.4. The van der Waals surface area contributed by atoms with E-state index in [1.54, 1.807) is 48.5 Å². The van der Waals surface area contributed by atoms with Crippen molar-refractivity contribution in [2.75, 3.05) is 25.0 Å². The lowest BCUT2D eigenvalue weighted by molar-refractivity contribution is -0.116. The van der Waals surface area contributed by atoms with E-state index in [4.69, 9.17) is 4.74 Å². The van der Waals surface area contributed by atoms with Gasteiger partial charge in [-0.3, -0.25) is 14.4 Å². The Bertz CT molecular complexity index is 886. The number of ether oxygens (including phenoxy) is 1. The molecule has 6 heteroatoms. The molecule has 6 nitrogen and oxygen atoms in total. The smallest absolute Gasteiger partial charge is 0.255 e. The van der Waals surface area contributed by atoms with Gasteiger partial charge in [0.25, 0.3) is 5.91 Å². The van der Waals surface area contributed by atoms with Crippen LogP contribution in [0.5, 0.6) is 5.75 Å². The van der Waals surface area contributed by atoms with Crippen LogP contribution in [0.25, 0.3) is 0 Å². The first-order chi connectivity index (χ1) is 14.6. The van der Waals surface area contributed by atoms with Gasteiger partial charge in [-0.05, 0) is 62.6 Å². The maximum atomic E-state index is 12.8. The Morgan fingerprint density at radius 3 is 2.33 bits per heavy atom. The van der Waals surface area contributed by atoms with Gasteiger partial charge in [0, 0.05) is 31.5 Å². The number of hydrogen-bond donors (Lipinski definition) is 1. The topological polar surface area (TPSA) is 75.7 Å². The Kier molecular flexibility index (Phi) is 7.60. The van der Waals surface area contributed by atoms with Crippen molar-refractivity contribution in [1.29, 1.82) is 0 Å². The van der Waals surface area contributed by atoms with Gasteiger partial charge in [-0.25, -0.2) is 0 Å². The molecule has 0 radical (unpaired) electrons. The second-order valence-corrected chi connectivity index (χ2v) is 7.33. The third-order valence-corrected chi connectivity index (χ3v) is 5.14. The molecular formula is C24H28N2O4. The first kappa shape index (κ1) is 21.6. The molecule has 158 valence electrons. The van der Waals surface area contributed by atoms with Crippen molar-refractivity contribution in [1.82, 2.24) is 4.90 Å². The highest BCUT2D eigenvalue weighted by atomic mass is 16.5. The fourth-order valence-corrected chi connectivity index (χ4v) is 3.53. The molecule has 1 aliphatic heterocycles. The van der Waals surface area contributed by atoms with E-state index in [1.165, 1.54) is 0 Å². The summed E-state index contributed by atoms with van der Waals surface area (Å²) < 4.78 is 5.37. The molecule has 1 saturated heterocycles. The first-order valence-corrected chi connectivity index (χ1v) is 10.5. The van der Waals surface area contributed by atoms with E-state index in [0.29, 0.717) is 29.2 Å². The van der Waals surface area contributed by atoms with Gasteiger partial charge < -0.3 is 15.0 Å². The molecule has 2 amide bonds. The summed E-state index contributed by atoms with van der Waals surface area (Å²) in [5.74, 6) is 0.261. The largest absolute Gasteiger partial charge is 0.494 e. The fourth-order valence-electron chi connectivity index (χ4n) is 3.53. The SMILES string of the molecule is CCOc1ccc(C(=O)CCC(=O)Nc2ccccc2C(=O)N2CCCCC2)cc1. The van der Waals surface area contributed by atoms with Crippen LogP contribution in [0, 0.1) is 0 Å². The number of ketones is 1. The van der Waals surface area contributed by atoms with Crippen LogP contribution >= 0.6 is 0 Å². The van der Waals surface area contributed by atoms with Crippen LogP contribution in [-0.4, -0.2) is 42.2 Å². The Morgan fingerprint density at radius 2 is 1.63 bits per heavy atom. The van der Waals surface area contributed by atoms with Gasteiger partial charge >= 0.3 is 0 Å². The van der Waals surface area contributed by atoms with Crippen LogP contribution in [0.1, 0.15) is 59.7 Å². The molecule has 1 aliphatic rings. The molecule has 2 aromatic carbocycles. The Hall–Kier alpha value is -3.15. The predicted molar refractivity (Wildman–Crippen MR) is 116 cm³/mol. The van der Waals surface area contributed by atoms with Crippen molar-refractivity contribution in [3.63, 3.8) is 0 Å². The number of benzene rings is 2. The molecule has 0 atom stereocenters. The summed E-state index contributed by atoms with van der Waals surface area (Å²) in [5, 5.41) is 2.80. The van der Waals surface area contributed by atoms with Crippen LogP contribution in [0.3, 0.4) is 0 Å². The Morgan fingerprint density at radius 1 is 0.933 bits per heavy atom. The van der Waals surface area contributed by atoms with Gasteiger partial charge in [-0.15, -0.1) is 0 Å². The van der Waals surface area contributed by atoms with Crippen molar-refractivity contribution in [3.05, 3.63) is 59.7 Å². The fraction of sp³-hybridized carbons (Fsp3) is 0.375. The van der Waals surface area contributed by atoms with Crippen LogP contribution in [0.15, 0.2) is 48.5 Å². The lowest BCUT2D eigenvalue weighted by Gasteiger charge is -2.27. The lowest BCUT2D eigenvalue weighted by atomic mass is 10.1. The molecule has 1 fully saturated rings. The Labute approximate surface area is 177 Å². The zero-order chi connectivity index (χ0) is 21.3. The summed E-state index contributed by atoms with van der Waals surface area (Å²) >= 11 is 0. The van der Waals surface area contributed by atoms with E-state index < -0.39 is 0 Å². The number of carbonyl (C=O) groups is 3. The van der Waals surface area contributed by atoms with Crippen LogP contribution in [0.4, 0.5) is 5.69 Å². The van der Waals surface area contributed by atoms with Gasteiger partial charge in [0.2, 0.25) is 5.91 Å². The van der Waals surface area contributed by atoms with E-state index in [-0.39, 0.29) is 30.4 Å². The first-order valence-electron chi connectivity index (χ1n) is 10.5. The van der Waals surface area contributed by atoms with Crippen LogP contribution in [0.2, 0.25) is 0 Å². The molecule has 1 heterocycles. The standard InChI is InChI=1S/C24H28N2O4/c1-2-30-19-12-10-18(11-13-19)22(27)14-15-23(28)25-21-9-5-4-8-20(21)24(29)26-16-6-3-7-17-26/h4-5,8-13H,2-3,6-7,14-17H2,1H3,(H,25,28). The minimum absolute atomic E-state index is 0.0539. The van der Waals surface area contributed by atoms with E-state index in [9.17, 15) is 14.4 Å². The summed E-state index contributed by atoms with van der Waals surface area (Å²) in [6.45, 7) is 3.96. The monoisotopic (exact) mass is 408 g/mol. The van der Waals surface area contributed by atoms with Crippen LogP contribution in [-0.2, 0) is 4.79 Å². The number of nitrogens with one attached hydrogen (secondary N) is 1. The molecule has 0 saturated carbocycles. The zero-order valence-corrected chi connectivity index (χ0v) is 17.4. The highest BCUT2D eigenvalue weighted by molar-refractivity contribution is 6.05. The third-order valence-electron chi connectivity index (χ3n) is 5.14. The molecule has 2 aromatic rings. The summed E-state index contributed by atoms with van der Waals surface area (Å²) in [5.41, 5.74) is 1.53. The highest BCUT2D eigenvalue weighted by Crippen LogP contribution is 2.21. The number of hydrogen-bond acceptors (Lipinski definition) is 4. The molecule has 1 N–H and O–H groups in total. The number of anilines is 1. The summed E-state index contributed by atoms with van der Waals surface area (Å²) in [6, 6.07) is 13.9. The van der Waals surface area contributed by atoms with Gasteiger partial charge in [0.05, 0.1) is 17.9 Å². The number of amides is 2. The molecular weight excluding hydrogens is 380 g/mol. The number of piperidine rings is 1. The second-order valence-electron chi connectivity index (χ2n) is 7.33. The average Bonchev–Trinajstić information content (AvgIpc) is 2.79. The maximum Gasteiger partial charge on any atom is 0.255 e. The minimum atomic E-state index is -0.284. The van der Waals surface area contributed by atoms with E-state index in [0.717, 1.165) is 32.4 Å². The molecule has 0 unspecified atom stereocenters. The molecule has 3 rings (SSSR count). The van der Waals surface area contributed by atoms with Crippen molar-refractivity contribution in [3.8, 4) is 5.75 Å².